The molecule has 6 heteroatoms. The van der Waals surface area contributed by atoms with Crippen LogP contribution in [0.2, 0.25) is 0 Å². The van der Waals surface area contributed by atoms with Crippen molar-refractivity contribution in [3.63, 3.8) is 0 Å². The van der Waals surface area contributed by atoms with Gasteiger partial charge in [0.15, 0.2) is 5.69 Å². The standard InChI is InChI=1S/C21H21FN4O/c1-15-6-2-3-8-17(15)14-24-20-11-10-19(25-26-20)21(27)23-13-12-16-7-4-5-9-18(16)22/h2-11H,12-14H2,1H3,(H,23,27)(H,24,26). The van der Waals surface area contributed by atoms with Crippen LogP contribution < -0.4 is 10.6 Å². The Morgan fingerprint density at radius 1 is 0.963 bits per heavy atom. The monoisotopic (exact) mass is 364 g/mol. The molecule has 3 aromatic rings. The first-order chi connectivity index (χ1) is 13.1. The summed E-state index contributed by atoms with van der Waals surface area (Å²) in [5.74, 6) is 0.000994. The van der Waals surface area contributed by atoms with Crippen LogP contribution in [0.25, 0.3) is 0 Å². The van der Waals surface area contributed by atoms with Gasteiger partial charge in [0.25, 0.3) is 5.91 Å². The van der Waals surface area contributed by atoms with Gasteiger partial charge >= 0.3 is 0 Å². The molecule has 5 nitrogen and oxygen atoms in total. The zero-order chi connectivity index (χ0) is 19.1. The highest BCUT2D eigenvalue weighted by molar-refractivity contribution is 5.92. The van der Waals surface area contributed by atoms with Gasteiger partial charge in [-0.2, -0.15) is 0 Å². The molecule has 0 aliphatic rings. The summed E-state index contributed by atoms with van der Waals surface area (Å²) >= 11 is 0. The van der Waals surface area contributed by atoms with Crippen LogP contribution in [0.1, 0.15) is 27.2 Å². The smallest absolute Gasteiger partial charge is 0.271 e. The first-order valence-corrected chi connectivity index (χ1v) is 8.77. The van der Waals surface area contributed by atoms with Crippen molar-refractivity contribution >= 4 is 11.7 Å². The van der Waals surface area contributed by atoms with E-state index in [0.29, 0.717) is 30.9 Å². The predicted molar refractivity (Wildman–Crippen MR) is 103 cm³/mol. The number of aryl methyl sites for hydroxylation is 1. The van der Waals surface area contributed by atoms with E-state index in [-0.39, 0.29) is 17.4 Å². The number of rotatable bonds is 7. The topological polar surface area (TPSA) is 66.9 Å². The van der Waals surface area contributed by atoms with Gasteiger partial charge in [0.05, 0.1) is 0 Å². The minimum Gasteiger partial charge on any atom is -0.364 e. The average Bonchev–Trinajstić information content (AvgIpc) is 2.69. The summed E-state index contributed by atoms with van der Waals surface area (Å²) in [5, 5.41) is 13.9. The van der Waals surface area contributed by atoms with Crippen LogP contribution in [-0.2, 0) is 13.0 Å². The second kappa shape index (κ2) is 8.89. The number of carbonyl (C=O) groups is 1. The Balaban J connectivity index is 1.50. The molecule has 3 rings (SSSR count). The fourth-order valence-corrected chi connectivity index (χ4v) is 2.64. The molecule has 2 aromatic carbocycles. The third-order valence-corrected chi connectivity index (χ3v) is 4.26. The van der Waals surface area contributed by atoms with Crippen LogP contribution in [0.4, 0.5) is 10.2 Å². The van der Waals surface area contributed by atoms with Gasteiger partial charge in [0, 0.05) is 13.1 Å². The Morgan fingerprint density at radius 3 is 2.41 bits per heavy atom. The van der Waals surface area contributed by atoms with Crippen LogP contribution in [0.3, 0.4) is 0 Å². The summed E-state index contributed by atoms with van der Waals surface area (Å²) < 4.78 is 13.6. The molecule has 0 bridgehead atoms. The minimum absolute atomic E-state index is 0.227. The second-order valence-corrected chi connectivity index (χ2v) is 6.18. The summed E-state index contributed by atoms with van der Waals surface area (Å²) in [7, 11) is 0. The van der Waals surface area contributed by atoms with E-state index in [9.17, 15) is 9.18 Å². The number of anilines is 1. The number of nitrogens with zero attached hydrogens (tertiary/aromatic N) is 2. The molecular formula is C21H21FN4O. The van der Waals surface area contributed by atoms with Crippen molar-refractivity contribution in [2.75, 3.05) is 11.9 Å². The minimum atomic E-state index is -0.329. The summed E-state index contributed by atoms with van der Waals surface area (Å²) in [6.07, 6.45) is 0.419. The number of benzene rings is 2. The summed E-state index contributed by atoms with van der Waals surface area (Å²) in [6.45, 7) is 3.02. The molecule has 1 amide bonds. The van der Waals surface area contributed by atoms with E-state index < -0.39 is 0 Å². The highest BCUT2D eigenvalue weighted by Crippen LogP contribution is 2.10. The lowest BCUT2D eigenvalue weighted by molar-refractivity contribution is 0.0948. The van der Waals surface area contributed by atoms with Gasteiger partial charge in [-0.3, -0.25) is 4.79 Å². The maximum absolute atomic E-state index is 13.6. The Bertz CT molecular complexity index is 912. The molecule has 0 atom stereocenters. The van der Waals surface area contributed by atoms with E-state index in [2.05, 4.69) is 33.8 Å². The highest BCUT2D eigenvalue weighted by atomic mass is 19.1. The van der Waals surface area contributed by atoms with E-state index in [1.54, 1.807) is 30.3 Å². The highest BCUT2D eigenvalue weighted by Gasteiger charge is 2.09. The molecule has 138 valence electrons. The molecule has 0 aliphatic carbocycles. The molecule has 0 saturated carbocycles. The van der Waals surface area contributed by atoms with Crippen molar-refractivity contribution < 1.29 is 9.18 Å². The largest absolute Gasteiger partial charge is 0.364 e. The van der Waals surface area contributed by atoms with Crippen LogP contribution in [0.15, 0.2) is 60.7 Å². The van der Waals surface area contributed by atoms with Gasteiger partial charge in [0.1, 0.15) is 11.6 Å². The number of amides is 1. The third-order valence-electron chi connectivity index (χ3n) is 4.26. The number of hydrogen-bond donors (Lipinski definition) is 2. The maximum atomic E-state index is 13.6. The van der Waals surface area contributed by atoms with Crippen LogP contribution in [0, 0.1) is 12.7 Å². The first-order valence-electron chi connectivity index (χ1n) is 8.77. The van der Waals surface area contributed by atoms with Gasteiger partial charge in [0.2, 0.25) is 0 Å². The van der Waals surface area contributed by atoms with E-state index in [1.807, 2.05) is 18.2 Å². The van der Waals surface area contributed by atoms with Crippen molar-refractivity contribution in [1.29, 1.82) is 0 Å². The lowest BCUT2D eigenvalue weighted by atomic mass is 10.1. The van der Waals surface area contributed by atoms with E-state index in [1.165, 1.54) is 17.2 Å². The molecule has 0 spiro atoms. The van der Waals surface area contributed by atoms with Crippen molar-refractivity contribution in [3.05, 3.63) is 88.9 Å². The van der Waals surface area contributed by atoms with Crippen molar-refractivity contribution in [1.82, 2.24) is 15.5 Å². The molecule has 0 aliphatic heterocycles. The number of aromatic nitrogens is 2. The van der Waals surface area contributed by atoms with Gasteiger partial charge < -0.3 is 10.6 Å². The van der Waals surface area contributed by atoms with Crippen molar-refractivity contribution in [3.8, 4) is 0 Å². The third kappa shape index (κ3) is 5.10. The lowest BCUT2D eigenvalue weighted by Crippen LogP contribution is -2.27. The zero-order valence-electron chi connectivity index (χ0n) is 15.1. The van der Waals surface area contributed by atoms with E-state index in [4.69, 9.17) is 0 Å². The van der Waals surface area contributed by atoms with Crippen LogP contribution in [0.5, 0.6) is 0 Å². The Morgan fingerprint density at radius 2 is 1.70 bits per heavy atom. The fourth-order valence-electron chi connectivity index (χ4n) is 2.64. The zero-order valence-corrected chi connectivity index (χ0v) is 15.1. The Kier molecular flexibility index (Phi) is 6.10. The van der Waals surface area contributed by atoms with Gasteiger partial charge in [-0.25, -0.2) is 4.39 Å². The van der Waals surface area contributed by atoms with Gasteiger partial charge in [-0.05, 0) is 48.2 Å². The van der Waals surface area contributed by atoms with E-state index in [0.717, 1.165) is 0 Å². The normalized spacial score (nSPS) is 10.4. The number of nitrogens with one attached hydrogen (secondary N) is 2. The molecule has 27 heavy (non-hydrogen) atoms. The number of halogens is 1. The molecule has 1 heterocycles. The SMILES string of the molecule is Cc1ccccc1CNc1ccc(C(=O)NCCc2ccccc2F)nn1. The molecule has 1 aromatic heterocycles. The Hall–Kier alpha value is -3.28. The van der Waals surface area contributed by atoms with Crippen LogP contribution in [-0.4, -0.2) is 22.6 Å². The predicted octanol–water partition coefficient (Wildman–Crippen LogP) is 3.51. The van der Waals surface area contributed by atoms with Crippen molar-refractivity contribution in [2.24, 2.45) is 0 Å². The van der Waals surface area contributed by atoms with Crippen molar-refractivity contribution in [2.45, 2.75) is 19.9 Å². The molecular weight excluding hydrogens is 343 g/mol. The molecule has 0 unspecified atom stereocenters. The molecule has 0 fully saturated rings. The maximum Gasteiger partial charge on any atom is 0.271 e. The summed E-state index contributed by atoms with van der Waals surface area (Å²) in [5.41, 5.74) is 3.17. The molecule has 0 radical (unpaired) electrons. The lowest BCUT2D eigenvalue weighted by Gasteiger charge is -2.08. The molecule has 0 saturated heterocycles. The summed E-state index contributed by atoms with van der Waals surface area (Å²) in [6, 6.07) is 18.0. The second-order valence-electron chi connectivity index (χ2n) is 6.18. The molecule has 2 N–H and O–H groups in total. The number of hydrogen-bond acceptors (Lipinski definition) is 4. The fraction of sp³-hybridized carbons (Fsp3) is 0.190. The Labute approximate surface area is 157 Å². The number of carbonyl (C=O) groups excluding carboxylic acids is 1. The average molecular weight is 364 g/mol. The van der Waals surface area contributed by atoms with Crippen LogP contribution >= 0.6 is 0 Å². The summed E-state index contributed by atoms with van der Waals surface area (Å²) in [4.78, 5) is 12.1. The first kappa shape index (κ1) is 18.5. The quantitative estimate of drug-likeness (QED) is 0.673. The van der Waals surface area contributed by atoms with Gasteiger partial charge in [-0.15, -0.1) is 10.2 Å². The van der Waals surface area contributed by atoms with E-state index >= 15 is 0 Å². The van der Waals surface area contributed by atoms with Gasteiger partial charge in [-0.1, -0.05) is 42.5 Å².